The molecule has 4 aromatic rings. The van der Waals surface area contributed by atoms with Crippen LogP contribution in [0.25, 0.3) is 0 Å². The summed E-state index contributed by atoms with van der Waals surface area (Å²) in [7, 11) is 0. The van der Waals surface area contributed by atoms with Crippen LogP contribution >= 0.6 is 0 Å². The van der Waals surface area contributed by atoms with Gasteiger partial charge in [0.15, 0.2) is 0 Å². The van der Waals surface area contributed by atoms with Crippen LogP contribution in [0.1, 0.15) is 84.9 Å². The predicted molar refractivity (Wildman–Crippen MR) is 200 cm³/mol. The normalized spacial score (nSPS) is 27.1. The lowest BCUT2D eigenvalue weighted by molar-refractivity contribution is -0.0855. The maximum Gasteiger partial charge on any atom is 0.318 e. The molecular weight excluding hydrogens is 654 g/mol. The van der Waals surface area contributed by atoms with Gasteiger partial charge in [0.25, 0.3) is 0 Å². The van der Waals surface area contributed by atoms with Gasteiger partial charge in [0.2, 0.25) is 0 Å². The van der Waals surface area contributed by atoms with E-state index in [0.717, 1.165) is 97.6 Å². The Morgan fingerprint density at radius 3 is 2.54 bits per heavy atom. The molecule has 1 aliphatic carbocycles. The average molecular weight is 702 g/mol. The van der Waals surface area contributed by atoms with Crippen molar-refractivity contribution >= 4 is 17.2 Å². The minimum Gasteiger partial charge on any atom is -0.461 e. The van der Waals surface area contributed by atoms with E-state index in [1.165, 1.54) is 11.1 Å². The van der Waals surface area contributed by atoms with Crippen LogP contribution in [0.15, 0.2) is 83.9 Å². The topological polar surface area (TPSA) is 83.3 Å². The number of anilines is 1. The molecule has 4 atom stereocenters. The molecule has 1 N–H and O–H groups in total. The highest BCUT2D eigenvalue weighted by atomic mass is 19.1. The summed E-state index contributed by atoms with van der Waals surface area (Å²) in [4.78, 5) is 20.0. The second kappa shape index (κ2) is 14.0. The van der Waals surface area contributed by atoms with E-state index in [1.54, 1.807) is 0 Å². The van der Waals surface area contributed by atoms with Gasteiger partial charge in [-0.25, -0.2) is 9.38 Å². The second-order valence-electron chi connectivity index (χ2n) is 15.5. The molecule has 1 aromatic heterocycles. The quantitative estimate of drug-likeness (QED) is 0.203. The van der Waals surface area contributed by atoms with Crippen molar-refractivity contribution < 1.29 is 19.0 Å². The van der Waals surface area contributed by atoms with Crippen molar-refractivity contribution in [3.63, 3.8) is 0 Å². The smallest absolute Gasteiger partial charge is 0.318 e. The van der Waals surface area contributed by atoms with Gasteiger partial charge in [0.1, 0.15) is 18.6 Å². The summed E-state index contributed by atoms with van der Waals surface area (Å²) >= 11 is 0. The minimum absolute atomic E-state index is 0.284. The Balaban J connectivity index is 1.08. The number of alkyl halides is 1. The van der Waals surface area contributed by atoms with E-state index >= 15 is 0 Å². The Hall–Kier alpha value is -4.18. The zero-order chi connectivity index (χ0) is 35.1. The molecule has 0 amide bonds. The molecule has 3 aromatic carbocycles. The van der Waals surface area contributed by atoms with E-state index in [-0.39, 0.29) is 11.6 Å². The van der Waals surface area contributed by atoms with Crippen LogP contribution in [0.2, 0.25) is 0 Å². The number of benzene rings is 3. The highest BCUT2D eigenvalue weighted by molar-refractivity contribution is 6.13. The van der Waals surface area contributed by atoms with E-state index in [9.17, 15) is 9.50 Å². The first-order valence-corrected chi connectivity index (χ1v) is 19.3. The van der Waals surface area contributed by atoms with Crippen LogP contribution < -0.4 is 9.64 Å². The van der Waals surface area contributed by atoms with Gasteiger partial charge in [-0.3, -0.25) is 4.90 Å². The molecule has 9 heteroatoms. The number of aryl methyl sites for hydroxylation is 1. The number of aromatic nitrogens is 2. The highest BCUT2D eigenvalue weighted by Gasteiger charge is 2.50. The van der Waals surface area contributed by atoms with Gasteiger partial charge in [-0.15, -0.1) is 0 Å². The number of nitrogens with zero attached hydrogens (tertiary/aromatic N) is 5. The fourth-order valence-electron chi connectivity index (χ4n) is 9.51. The molecule has 270 valence electrons. The third-order valence-electron chi connectivity index (χ3n) is 12.2. The first kappa shape index (κ1) is 33.6. The molecule has 5 aliphatic rings. The summed E-state index contributed by atoms with van der Waals surface area (Å²) in [5.41, 5.74) is 7.60. The number of aliphatic hydroxyl groups is 1. The fourth-order valence-corrected chi connectivity index (χ4v) is 9.51. The molecule has 52 heavy (non-hydrogen) atoms. The van der Waals surface area contributed by atoms with Gasteiger partial charge >= 0.3 is 6.01 Å². The largest absolute Gasteiger partial charge is 0.461 e. The summed E-state index contributed by atoms with van der Waals surface area (Å²) in [6, 6.07) is 27.7. The number of hydrogen-bond acceptors (Lipinski definition) is 8. The van der Waals surface area contributed by atoms with Crippen molar-refractivity contribution in [1.82, 2.24) is 14.9 Å². The van der Waals surface area contributed by atoms with Crippen molar-refractivity contribution in [2.75, 3.05) is 37.7 Å². The molecule has 3 saturated heterocycles. The second-order valence-corrected chi connectivity index (χ2v) is 15.5. The third-order valence-corrected chi connectivity index (χ3v) is 12.2. The Kier molecular flexibility index (Phi) is 9.05. The Bertz CT molecular complexity index is 1900. The van der Waals surface area contributed by atoms with Gasteiger partial charge in [-0.2, -0.15) is 9.97 Å². The van der Waals surface area contributed by atoms with E-state index in [0.29, 0.717) is 51.6 Å². The molecular formula is C43H48FN5O3. The first-order valence-electron chi connectivity index (χ1n) is 19.3. The van der Waals surface area contributed by atoms with Crippen molar-refractivity contribution in [2.45, 2.75) is 94.2 Å². The standard InChI is InChI=1S/C43H48FN5O3/c44-33-25-42(19-9-22-49(42)27-33)29-51-41-46-38-26-43(52-28-36(38)40(47-41)48-21-8-15-35(50)18-23-48)20-7-14-30-16-17-34(24-37(30)43)45-39(31-10-3-1-4-11-31)32-12-5-2-6-13-32/h1-6,10-13,16-17,24,33,35,50H,7-9,14-15,18-23,25-29H2/t33?,35?,42-,43?/m0/s1. The van der Waals surface area contributed by atoms with Crippen molar-refractivity contribution in [3.8, 4) is 6.01 Å². The summed E-state index contributed by atoms with van der Waals surface area (Å²) in [6.07, 6.45) is 7.27. The van der Waals surface area contributed by atoms with Crippen molar-refractivity contribution in [3.05, 3.63) is 112 Å². The zero-order valence-corrected chi connectivity index (χ0v) is 29.9. The molecule has 9 rings (SSSR count). The SMILES string of the molecule is OC1CCCN(c2nc(OC[C@@]34CCCN3CC(F)C4)nc3c2COC2(CCCc4ccc(N=C(c5ccccc5)c5ccccc5)cc42)C3)CC1. The summed E-state index contributed by atoms with van der Waals surface area (Å²) in [5, 5.41) is 10.5. The zero-order valence-electron chi connectivity index (χ0n) is 29.9. The molecule has 4 aliphatic heterocycles. The lowest BCUT2D eigenvalue weighted by atomic mass is 9.74. The van der Waals surface area contributed by atoms with Gasteiger partial charge < -0.3 is 19.5 Å². The number of halogens is 1. The summed E-state index contributed by atoms with van der Waals surface area (Å²) in [6.45, 7) is 3.71. The van der Waals surface area contributed by atoms with Crippen molar-refractivity contribution in [1.29, 1.82) is 0 Å². The summed E-state index contributed by atoms with van der Waals surface area (Å²) in [5.74, 6) is 0.851. The van der Waals surface area contributed by atoms with E-state index in [2.05, 4.69) is 76.5 Å². The number of ether oxygens (including phenoxy) is 2. The first-order chi connectivity index (χ1) is 25.5. The van der Waals surface area contributed by atoms with E-state index in [4.69, 9.17) is 24.4 Å². The van der Waals surface area contributed by atoms with E-state index < -0.39 is 11.8 Å². The van der Waals surface area contributed by atoms with Crippen LogP contribution in [0.5, 0.6) is 6.01 Å². The molecule has 8 nitrogen and oxygen atoms in total. The lowest BCUT2D eigenvalue weighted by Crippen LogP contribution is -2.44. The third kappa shape index (κ3) is 6.41. The lowest BCUT2D eigenvalue weighted by Gasteiger charge is -2.43. The van der Waals surface area contributed by atoms with Crippen LogP contribution in [0.4, 0.5) is 15.9 Å². The van der Waals surface area contributed by atoms with Crippen LogP contribution in [-0.2, 0) is 29.8 Å². The molecule has 1 spiro atoms. The number of aliphatic hydroxyl groups excluding tert-OH is 1. The van der Waals surface area contributed by atoms with Crippen LogP contribution in [-0.4, -0.2) is 76.3 Å². The predicted octanol–water partition coefficient (Wildman–Crippen LogP) is 7.26. The van der Waals surface area contributed by atoms with Crippen molar-refractivity contribution in [2.24, 2.45) is 4.99 Å². The molecule has 0 bridgehead atoms. The molecule has 3 fully saturated rings. The molecule has 0 saturated carbocycles. The molecule has 3 unspecified atom stereocenters. The Labute approximate surface area is 305 Å². The summed E-state index contributed by atoms with van der Waals surface area (Å²) < 4.78 is 28.2. The Morgan fingerprint density at radius 1 is 0.923 bits per heavy atom. The van der Waals surface area contributed by atoms with Crippen LogP contribution in [0.3, 0.4) is 0 Å². The minimum atomic E-state index is -0.818. The molecule has 5 heterocycles. The molecule has 0 radical (unpaired) electrons. The van der Waals surface area contributed by atoms with Crippen LogP contribution in [0, 0.1) is 0 Å². The Morgan fingerprint density at radius 2 is 1.73 bits per heavy atom. The van der Waals surface area contributed by atoms with Gasteiger partial charge in [0, 0.05) is 49.2 Å². The van der Waals surface area contributed by atoms with E-state index in [1.807, 2.05) is 12.1 Å². The number of hydrogen-bond donors (Lipinski definition) is 1. The average Bonchev–Trinajstić information content (AvgIpc) is 3.61. The maximum absolute atomic E-state index is 14.6. The highest BCUT2D eigenvalue weighted by Crippen LogP contribution is 2.47. The number of aliphatic imine (C=N–C) groups is 1. The fraction of sp³-hybridized carbons (Fsp3) is 0.465. The van der Waals surface area contributed by atoms with Gasteiger partial charge in [0.05, 0.1) is 40.9 Å². The van der Waals surface area contributed by atoms with Gasteiger partial charge in [-0.1, -0.05) is 66.7 Å². The monoisotopic (exact) mass is 701 g/mol. The number of fused-ring (bicyclic) bond motifs is 4. The maximum atomic E-state index is 14.6. The van der Waals surface area contributed by atoms with Gasteiger partial charge in [-0.05, 0) is 81.2 Å². The number of rotatable bonds is 7.